The lowest BCUT2D eigenvalue weighted by molar-refractivity contribution is -0.928. The van der Waals surface area contributed by atoms with Crippen LogP contribution in [0.4, 0.5) is 0 Å². The molecule has 1 heterocycles. The van der Waals surface area contributed by atoms with Crippen molar-refractivity contribution in [3.63, 3.8) is 0 Å². The maximum Gasteiger partial charge on any atom is 0.102 e. The van der Waals surface area contributed by atoms with Crippen molar-refractivity contribution >= 4 is 0 Å². The third kappa shape index (κ3) is 3.56. The van der Waals surface area contributed by atoms with E-state index in [-0.39, 0.29) is 0 Å². The number of hydrogen-bond acceptors (Lipinski definition) is 2. The van der Waals surface area contributed by atoms with E-state index in [0.717, 1.165) is 19.6 Å². The zero-order chi connectivity index (χ0) is 10.3. The van der Waals surface area contributed by atoms with Gasteiger partial charge in [-0.15, -0.1) is 0 Å². The van der Waals surface area contributed by atoms with Crippen LogP contribution in [0.5, 0.6) is 0 Å². The standard InChI is InChI=1S/C11H25N2O/c1-3-10-14-11-9-13(4-2)7-5-12-6-8-13/h12H,3-11H2,1-2H3/q+1. The van der Waals surface area contributed by atoms with E-state index >= 15 is 0 Å². The molecule has 1 fully saturated rings. The normalized spacial score (nSPS) is 21.0. The smallest absolute Gasteiger partial charge is 0.102 e. The summed E-state index contributed by atoms with van der Waals surface area (Å²) in [5.41, 5.74) is 0. The third-order valence-electron chi connectivity index (χ3n) is 3.26. The summed E-state index contributed by atoms with van der Waals surface area (Å²) in [4.78, 5) is 0. The monoisotopic (exact) mass is 201 g/mol. The molecule has 0 aliphatic carbocycles. The van der Waals surface area contributed by atoms with E-state index in [2.05, 4.69) is 19.2 Å². The quantitative estimate of drug-likeness (QED) is 0.508. The first-order valence-corrected chi connectivity index (χ1v) is 5.96. The number of hydrogen-bond donors (Lipinski definition) is 1. The van der Waals surface area contributed by atoms with Crippen LogP contribution in [-0.4, -0.2) is 57.0 Å². The van der Waals surface area contributed by atoms with Crippen LogP contribution in [0.25, 0.3) is 0 Å². The summed E-state index contributed by atoms with van der Waals surface area (Å²) in [7, 11) is 0. The fourth-order valence-corrected chi connectivity index (χ4v) is 2.07. The molecule has 0 aromatic heterocycles. The van der Waals surface area contributed by atoms with E-state index in [1.54, 1.807) is 0 Å². The predicted octanol–water partition coefficient (Wildman–Crippen LogP) is 0.853. The predicted molar refractivity (Wildman–Crippen MR) is 59.4 cm³/mol. The summed E-state index contributed by atoms with van der Waals surface area (Å²) in [5.74, 6) is 0. The molecule has 84 valence electrons. The van der Waals surface area contributed by atoms with Crippen molar-refractivity contribution in [1.29, 1.82) is 0 Å². The number of rotatable bonds is 6. The van der Waals surface area contributed by atoms with Crippen LogP contribution in [0.15, 0.2) is 0 Å². The van der Waals surface area contributed by atoms with Crippen LogP contribution in [0, 0.1) is 0 Å². The van der Waals surface area contributed by atoms with Crippen molar-refractivity contribution in [1.82, 2.24) is 5.32 Å². The maximum absolute atomic E-state index is 5.58. The minimum absolute atomic E-state index is 0.919. The Morgan fingerprint density at radius 2 is 1.86 bits per heavy atom. The van der Waals surface area contributed by atoms with E-state index in [0.29, 0.717) is 0 Å². The van der Waals surface area contributed by atoms with Crippen LogP contribution in [-0.2, 0) is 4.74 Å². The van der Waals surface area contributed by atoms with Crippen molar-refractivity contribution < 1.29 is 9.22 Å². The first kappa shape index (κ1) is 12.0. The molecule has 1 aliphatic rings. The van der Waals surface area contributed by atoms with Crippen molar-refractivity contribution in [3.05, 3.63) is 0 Å². The number of piperazine rings is 1. The van der Waals surface area contributed by atoms with Gasteiger partial charge < -0.3 is 14.5 Å². The van der Waals surface area contributed by atoms with Crippen LogP contribution in [0.3, 0.4) is 0 Å². The fraction of sp³-hybridized carbons (Fsp3) is 1.00. The lowest BCUT2D eigenvalue weighted by Gasteiger charge is -2.40. The van der Waals surface area contributed by atoms with Gasteiger partial charge in [-0.3, -0.25) is 0 Å². The molecule has 3 heteroatoms. The largest absolute Gasteiger partial charge is 0.376 e. The molecule has 0 amide bonds. The molecular weight excluding hydrogens is 176 g/mol. The Bertz CT molecular complexity index is 144. The van der Waals surface area contributed by atoms with Gasteiger partial charge in [0.2, 0.25) is 0 Å². The van der Waals surface area contributed by atoms with Crippen LogP contribution in [0.1, 0.15) is 20.3 Å². The summed E-state index contributed by atoms with van der Waals surface area (Å²) in [6, 6.07) is 0. The molecule has 1 aliphatic heterocycles. The van der Waals surface area contributed by atoms with Gasteiger partial charge in [0.05, 0.1) is 26.2 Å². The fourth-order valence-electron chi connectivity index (χ4n) is 2.07. The molecular formula is C11H25N2O+. The highest BCUT2D eigenvalue weighted by molar-refractivity contribution is 4.56. The van der Waals surface area contributed by atoms with Crippen molar-refractivity contribution in [3.8, 4) is 0 Å². The average molecular weight is 201 g/mol. The van der Waals surface area contributed by atoms with Crippen LogP contribution >= 0.6 is 0 Å². The molecule has 1 saturated heterocycles. The summed E-state index contributed by atoms with van der Waals surface area (Å²) in [5, 5.41) is 3.42. The van der Waals surface area contributed by atoms with E-state index < -0.39 is 0 Å². The lowest BCUT2D eigenvalue weighted by atomic mass is 10.2. The molecule has 0 aromatic carbocycles. The molecule has 3 nitrogen and oxygen atoms in total. The van der Waals surface area contributed by atoms with Gasteiger partial charge in [-0.05, 0) is 13.3 Å². The second-order valence-electron chi connectivity index (χ2n) is 4.19. The Morgan fingerprint density at radius 3 is 2.43 bits per heavy atom. The van der Waals surface area contributed by atoms with E-state index in [9.17, 15) is 0 Å². The van der Waals surface area contributed by atoms with Crippen LogP contribution in [0.2, 0.25) is 0 Å². The topological polar surface area (TPSA) is 21.3 Å². The highest BCUT2D eigenvalue weighted by Crippen LogP contribution is 2.08. The first-order chi connectivity index (χ1) is 6.83. The lowest BCUT2D eigenvalue weighted by Crippen LogP contribution is -2.59. The molecule has 0 aromatic rings. The van der Waals surface area contributed by atoms with Gasteiger partial charge >= 0.3 is 0 Å². The number of likely N-dealkylation sites (N-methyl/N-ethyl adjacent to an activating group) is 1. The zero-order valence-electron chi connectivity index (χ0n) is 9.72. The number of nitrogens with zero attached hydrogens (tertiary/aromatic N) is 1. The van der Waals surface area contributed by atoms with Crippen molar-refractivity contribution in [2.24, 2.45) is 0 Å². The average Bonchev–Trinajstić information content (AvgIpc) is 2.26. The third-order valence-corrected chi connectivity index (χ3v) is 3.26. The molecule has 0 atom stereocenters. The minimum atomic E-state index is 0.919. The van der Waals surface area contributed by atoms with Gasteiger partial charge in [0, 0.05) is 19.7 Å². The van der Waals surface area contributed by atoms with E-state index in [1.165, 1.54) is 43.8 Å². The Kier molecular flexibility index (Phi) is 5.45. The second kappa shape index (κ2) is 6.38. The second-order valence-corrected chi connectivity index (χ2v) is 4.19. The van der Waals surface area contributed by atoms with Gasteiger partial charge in [-0.25, -0.2) is 0 Å². The Labute approximate surface area is 88.0 Å². The summed E-state index contributed by atoms with van der Waals surface area (Å²) < 4.78 is 6.82. The van der Waals surface area contributed by atoms with E-state index in [1.807, 2.05) is 0 Å². The molecule has 0 unspecified atom stereocenters. The molecule has 1 rings (SSSR count). The molecule has 0 saturated carbocycles. The van der Waals surface area contributed by atoms with Gasteiger partial charge in [0.15, 0.2) is 0 Å². The highest BCUT2D eigenvalue weighted by atomic mass is 16.5. The Balaban J connectivity index is 2.22. The Hall–Kier alpha value is -0.120. The summed E-state index contributed by atoms with van der Waals surface area (Å²) in [6.07, 6.45) is 1.13. The molecule has 14 heavy (non-hydrogen) atoms. The summed E-state index contributed by atoms with van der Waals surface area (Å²) in [6.45, 7) is 13.6. The first-order valence-electron chi connectivity index (χ1n) is 5.96. The van der Waals surface area contributed by atoms with Gasteiger partial charge in [-0.1, -0.05) is 6.92 Å². The number of nitrogens with one attached hydrogen (secondary N) is 1. The molecule has 1 N–H and O–H groups in total. The van der Waals surface area contributed by atoms with Crippen LogP contribution < -0.4 is 5.32 Å². The maximum atomic E-state index is 5.58. The molecule has 0 bridgehead atoms. The van der Waals surface area contributed by atoms with E-state index in [4.69, 9.17) is 4.74 Å². The Morgan fingerprint density at radius 1 is 1.14 bits per heavy atom. The summed E-state index contributed by atoms with van der Waals surface area (Å²) >= 11 is 0. The molecule has 0 spiro atoms. The van der Waals surface area contributed by atoms with Gasteiger partial charge in [-0.2, -0.15) is 0 Å². The van der Waals surface area contributed by atoms with Gasteiger partial charge in [0.25, 0.3) is 0 Å². The van der Waals surface area contributed by atoms with Crippen molar-refractivity contribution in [2.75, 3.05) is 52.5 Å². The minimum Gasteiger partial charge on any atom is -0.376 e. The SMILES string of the molecule is CCCOCC[N+]1(CC)CCNCC1. The zero-order valence-corrected chi connectivity index (χ0v) is 9.72. The highest BCUT2D eigenvalue weighted by Gasteiger charge is 2.26. The molecule has 0 radical (unpaired) electrons. The number of quaternary nitrogens is 1. The van der Waals surface area contributed by atoms with Crippen molar-refractivity contribution in [2.45, 2.75) is 20.3 Å². The number of ether oxygens (including phenoxy) is 1. The van der Waals surface area contributed by atoms with Gasteiger partial charge in [0.1, 0.15) is 6.54 Å².